The summed E-state index contributed by atoms with van der Waals surface area (Å²) in [5.74, 6) is 1.35. The summed E-state index contributed by atoms with van der Waals surface area (Å²) in [5.41, 5.74) is 15.0. The minimum atomic E-state index is -0.317. The molecule has 1 aliphatic heterocycles. The average Bonchev–Trinajstić information content (AvgIpc) is 3.30. The van der Waals surface area contributed by atoms with Crippen LogP contribution in [0.3, 0.4) is 0 Å². The quantitative estimate of drug-likeness (QED) is 0.294. The molecule has 3 aromatic heterocycles. The van der Waals surface area contributed by atoms with E-state index in [1.807, 2.05) is 55.6 Å². The summed E-state index contributed by atoms with van der Waals surface area (Å²) in [7, 11) is 2.04. The van der Waals surface area contributed by atoms with Crippen molar-refractivity contribution in [2.75, 3.05) is 36.1 Å². The molecule has 1 aliphatic rings. The summed E-state index contributed by atoms with van der Waals surface area (Å²) in [5, 5.41) is 11.1. The highest BCUT2D eigenvalue weighted by molar-refractivity contribution is 6.05. The Morgan fingerprint density at radius 3 is 2.81 bits per heavy atom. The van der Waals surface area contributed by atoms with Crippen LogP contribution in [0.25, 0.3) is 27.6 Å². The van der Waals surface area contributed by atoms with Crippen molar-refractivity contribution in [2.24, 2.45) is 5.73 Å². The molecule has 0 fully saturated rings. The Hall–Kier alpha value is -4.64. The fourth-order valence-corrected chi connectivity index (χ4v) is 4.60. The number of para-hydroxylation sites is 2. The van der Waals surface area contributed by atoms with Gasteiger partial charge in [-0.2, -0.15) is 10.1 Å². The molecule has 0 bridgehead atoms. The third kappa shape index (κ3) is 3.57. The number of H-pyrrole nitrogens is 1. The number of anilines is 3. The van der Waals surface area contributed by atoms with Crippen molar-refractivity contribution in [3.63, 3.8) is 0 Å². The molecular formula is C25H25N9O2. The number of nitrogens with two attached hydrogens (primary N) is 2. The second kappa shape index (κ2) is 8.54. The van der Waals surface area contributed by atoms with Gasteiger partial charge >= 0.3 is 0 Å². The molecule has 4 heterocycles. The smallest absolute Gasteiger partial charge is 0.270 e. The predicted octanol–water partition coefficient (Wildman–Crippen LogP) is 2.01. The van der Waals surface area contributed by atoms with E-state index in [1.54, 1.807) is 6.20 Å². The van der Waals surface area contributed by atoms with E-state index in [9.17, 15) is 4.79 Å². The molecule has 0 saturated heterocycles. The van der Waals surface area contributed by atoms with Crippen molar-refractivity contribution in [3.8, 4) is 11.4 Å². The molecule has 5 aromatic rings. The zero-order chi connectivity index (χ0) is 24.8. The zero-order valence-corrected chi connectivity index (χ0v) is 19.6. The first kappa shape index (κ1) is 21.9. The molecule has 0 radical (unpaired) electrons. The van der Waals surface area contributed by atoms with Gasteiger partial charge in [-0.1, -0.05) is 24.3 Å². The zero-order valence-electron chi connectivity index (χ0n) is 19.6. The molecular weight excluding hydrogens is 458 g/mol. The number of benzene rings is 2. The van der Waals surface area contributed by atoms with Crippen molar-refractivity contribution in [1.29, 1.82) is 0 Å². The van der Waals surface area contributed by atoms with Crippen molar-refractivity contribution in [3.05, 3.63) is 70.6 Å². The molecule has 11 heteroatoms. The van der Waals surface area contributed by atoms with Crippen LogP contribution in [0.4, 0.5) is 17.5 Å². The summed E-state index contributed by atoms with van der Waals surface area (Å²) < 4.78 is 7.68. The van der Waals surface area contributed by atoms with E-state index in [1.165, 1.54) is 4.57 Å². The first-order chi connectivity index (χ1) is 17.5. The molecule has 0 aliphatic carbocycles. The van der Waals surface area contributed by atoms with Gasteiger partial charge in [-0.15, -0.1) is 0 Å². The van der Waals surface area contributed by atoms with Gasteiger partial charge in [0.25, 0.3) is 5.56 Å². The van der Waals surface area contributed by atoms with E-state index in [-0.39, 0.29) is 17.5 Å². The number of hydrogen-bond acceptors (Lipinski definition) is 9. The molecule has 2 aromatic carbocycles. The lowest BCUT2D eigenvalue weighted by Crippen LogP contribution is -2.41. The number of aromatic amines is 1. The van der Waals surface area contributed by atoms with Crippen molar-refractivity contribution in [2.45, 2.75) is 12.6 Å². The number of aromatic nitrogens is 5. The van der Waals surface area contributed by atoms with Crippen LogP contribution in [0.5, 0.6) is 5.75 Å². The fourth-order valence-electron chi connectivity index (χ4n) is 4.60. The molecule has 6 N–H and O–H groups in total. The maximum atomic E-state index is 13.5. The highest BCUT2D eigenvalue weighted by atomic mass is 16.5. The summed E-state index contributed by atoms with van der Waals surface area (Å²) >= 11 is 0. The number of pyridine rings is 1. The number of nitrogens with zero attached hydrogens (tertiary/aromatic N) is 5. The Bertz CT molecular complexity index is 1640. The lowest BCUT2D eigenvalue weighted by atomic mass is 10.2. The van der Waals surface area contributed by atoms with Crippen LogP contribution in [0.1, 0.15) is 5.56 Å². The lowest BCUT2D eigenvalue weighted by Gasteiger charge is -2.33. The molecule has 36 heavy (non-hydrogen) atoms. The third-order valence-electron chi connectivity index (χ3n) is 6.43. The molecule has 0 spiro atoms. The highest BCUT2D eigenvalue weighted by Gasteiger charge is 2.24. The van der Waals surface area contributed by atoms with E-state index >= 15 is 0 Å². The van der Waals surface area contributed by atoms with Gasteiger partial charge in [0.1, 0.15) is 17.2 Å². The lowest BCUT2D eigenvalue weighted by molar-refractivity contribution is 0.208. The molecule has 1 atom stereocenters. The third-order valence-corrected chi connectivity index (χ3v) is 6.43. The van der Waals surface area contributed by atoms with E-state index in [0.717, 1.165) is 17.0 Å². The van der Waals surface area contributed by atoms with E-state index in [4.69, 9.17) is 21.2 Å². The van der Waals surface area contributed by atoms with Gasteiger partial charge in [-0.05, 0) is 29.8 Å². The van der Waals surface area contributed by atoms with E-state index in [0.29, 0.717) is 53.2 Å². The number of nitrogens with one attached hydrogen (secondary N) is 2. The fraction of sp³-hybridized carbons (Fsp3) is 0.200. The number of ether oxygens (including phenoxy) is 1. The van der Waals surface area contributed by atoms with E-state index in [2.05, 4.69) is 25.4 Å². The molecule has 11 nitrogen and oxygen atoms in total. The topological polar surface area (TPSA) is 153 Å². The van der Waals surface area contributed by atoms with Gasteiger partial charge < -0.3 is 26.4 Å². The minimum Gasteiger partial charge on any atom is -0.485 e. The number of rotatable bonds is 5. The Balaban J connectivity index is 1.39. The molecule has 0 amide bonds. The van der Waals surface area contributed by atoms with Gasteiger partial charge in [-0.3, -0.25) is 14.5 Å². The van der Waals surface area contributed by atoms with Gasteiger partial charge in [0.2, 0.25) is 5.95 Å². The average molecular weight is 484 g/mol. The van der Waals surface area contributed by atoms with Crippen molar-refractivity contribution >= 4 is 39.4 Å². The maximum absolute atomic E-state index is 13.5. The standard InChI is InChI=1S/C25H25N9O2/c1-33-13-16(36-19-5-3-2-4-18(19)33)11-28-25-29-12-17-21-20(22(27)32-31-21)24(35)34(23(17)30-25)15-8-6-14(10-26)7-9-15/h2-9,12,16H,10-11,13,26H2,1H3,(H3,27,31,32)(H,28,29,30). The minimum absolute atomic E-state index is 0.106. The number of hydrogen-bond donors (Lipinski definition) is 4. The van der Waals surface area contributed by atoms with Gasteiger partial charge in [0.15, 0.2) is 11.5 Å². The summed E-state index contributed by atoms with van der Waals surface area (Å²) in [4.78, 5) is 24.9. The highest BCUT2D eigenvalue weighted by Crippen LogP contribution is 2.32. The monoisotopic (exact) mass is 483 g/mol. The summed E-state index contributed by atoms with van der Waals surface area (Å²) in [6, 6.07) is 15.4. The first-order valence-electron chi connectivity index (χ1n) is 11.6. The largest absolute Gasteiger partial charge is 0.485 e. The van der Waals surface area contributed by atoms with Crippen molar-refractivity contribution in [1.82, 2.24) is 24.7 Å². The molecule has 0 saturated carbocycles. The van der Waals surface area contributed by atoms with E-state index < -0.39 is 0 Å². The van der Waals surface area contributed by atoms with Crippen LogP contribution < -0.4 is 32.0 Å². The predicted molar refractivity (Wildman–Crippen MR) is 140 cm³/mol. The van der Waals surface area contributed by atoms with Crippen molar-refractivity contribution < 1.29 is 4.74 Å². The van der Waals surface area contributed by atoms with Crippen LogP contribution in [-0.4, -0.2) is 51.0 Å². The Morgan fingerprint density at radius 1 is 1.19 bits per heavy atom. The van der Waals surface area contributed by atoms with Crippen LogP contribution >= 0.6 is 0 Å². The van der Waals surface area contributed by atoms with Gasteiger partial charge in [0, 0.05) is 19.8 Å². The number of likely N-dealkylation sites (N-methyl/N-ethyl adjacent to an activating group) is 1. The first-order valence-corrected chi connectivity index (χ1v) is 11.6. The van der Waals surface area contributed by atoms with Gasteiger partial charge in [-0.25, -0.2) is 4.98 Å². The van der Waals surface area contributed by atoms with Gasteiger partial charge in [0.05, 0.1) is 35.4 Å². The maximum Gasteiger partial charge on any atom is 0.270 e. The second-order valence-corrected chi connectivity index (χ2v) is 8.77. The Morgan fingerprint density at radius 2 is 2.00 bits per heavy atom. The molecule has 1 unspecified atom stereocenters. The summed E-state index contributed by atoms with van der Waals surface area (Å²) in [6.45, 7) is 1.60. The van der Waals surface area contributed by atoms with Crippen LogP contribution in [0.15, 0.2) is 59.5 Å². The Kier molecular flexibility index (Phi) is 5.19. The summed E-state index contributed by atoms with van der Waals surface area (Å²) in [6.07, 6.45) is 1.56. The normalized spacial score (nSPS) is 15.2. The van der Waals surface area contributed by atoms with Crippen LogP contribution in [0, 0.1) is 0 Å². The second-order valence-electron chi connectivity index (χ2n) is 8.77. The Labute approximate surface area is 205 Å². The van der Waals surface area contributed by atoms with Crippen LogP contribution in [0.2, 0.25) is 0 Å². The SMILES string of the molecule is CN1CC(CNc2ncc3c4[nH]nc(N)c4c(=O)n(-c4ccc(CN)cc4)c3n2)Oc2ccccc21. The van der Waals surface area contributed by atoms with Crippen LogP contribution in [-0.2, 0) is 6.54 Å². The number of nitrogen functional groups attached to an aromatic ring is 1. The number of fused-ring (bicyclic) bond motifs is 4. The molecule has 6 rings (SSSR count). The molecule has 182 valence electrons.